The van der Waals surface area contributed by atoms with E-state index in [1.54, 1.807) is 18.0 Å². The van der Waals surface area contributed by atoms with Gasteiger partial charge >= 0.3 is 0 Å². The number of benzene rings is 1. The monoisotopic (exact) mass is 274 g/mol. The molecule has 0 aliphatic heterocycles. The van der Waals surface area contributed by atoms with Crippen molar-refractivity contribution in [2.75, 3.05) is 5.75 Å². The summed E-state index contributed by atoms with van der Waals surface area (Å²) in [7, 11) is 0. The van der Waals surface area contributed by atoms with Crippen LogP contribution < -0.4 is 0 Å². The average molecular weight is 274 g/mol. The fourth-order valence-electron chi connectivity index (χ4n) is 1.87. The van der Waals surface area contributed by atoms with Crippen molar-refractivity contribution < 1.29 is 9.21 Å². The number of aryl methyl sites for hydroxylation is 1. The van der Waals surface area contributed by atoms with Gasteiger partial charge in [-0.25, -0.2) is 0 Å². The molecule has 0 atom stereocenters. The van der Waals surface area contributed by atoms with Crippen LogP contribution in [0.5, 0.6) is 0 Å². The molecule has 0 spiro atoms. The third kappa shape index (κ3) is 4.28. The molecule has 19 heavy (non-hydrogen) atoms. The van der Waals surface area contributed by atoms with E-state index >= 15 is 0 Å². The second kappa shape index (κ2) is 7.19. The lowest BCUT2D eigenvalue weighted by Crippen LogP contribution is -2.02. The van der Waals surface area contributed by atoms with Gasteiger partial charge in [-0.1, -0.05) is 37.6 Å². The van der Waals surface area contributed by atoms with E-state index in [2.05, 4.69) is 6.92 Å². The van der Waals surface area contributed by atoms with Crippen LogP contribution in [0.15, 0.2) is 47.1 Å². The number of rotatable bonds is 7. The molecule has 2 rings (SSSR count). The Labute approximate surface area is 118 Å². The second-order valence-corrected chi connectivity index (χ2v) is 5.43. The second-order valence-electron chi connectivity index (χ2n) is 4.44. The van der Waals surface area contributed by atoms with Crippen molar-refractivity contribution in [2.45, 2.75) is 25.5 Å². The molecule has 1 heterocycles. The Bertz CT molecular complexity index is 500. The summed E-state index contributed by atoms with van der Waals surface area (Å²) in [4.78, 5) is 12.0. The first-order chi connectivity index (χ1) is 9.29. The van der Waals surface area contributed by atoms with E-state index in [1.807, 2.05) is 36.4 Å². The van der Waals surface area contributed by atoms with Crippen LogP contribution in [0, 0.1) is 0 Å². The van der Waals surface area contributed by atoms with Crippen LogP contribution in [0.3, 0.4) is 0 Å². The number of carbonyl (C=O) groups is 1. The minimum atomic E-state index is 0.180. The molecule has 2 aromatic rings. The molecule has 0 bridgehead atoms. The summed E-state index contributed by atoms with van der Waals surface area (Å²) in [6.07, 6.45) is 3.86. The van der Waals surface area contributed by atoms with Gasteiger partial charge in [0.2, 0.25) is 0 Å². The number of carbonyl (C=O) groups excluding carboxylic acids is 1. The van der Waals surface area contributed by atoms with E-state index in [1.165, 1.54) is 5.56 Å². The number of thioether (sulfide) groups is 1. The zero-order valence-corrected chi connectivity index (χ0v) is 11.9. The Morgan fingerprint density at radius 3 is 2.63 bits per heavy atom. The van der Waals surface area contributed by atoms with Gasteiger partial charge in [-0.05, 0) is 24.1 Å². The number of Topliss-reactive ketones (excluding diaryl/α,β-unsaturated/α-hetero) is 1. The molecule has 0 unspecified atom stereocenters. The minimum absolute atomic E-state index is 0.180. The lowest BCUT2D eigenvalue weighted by atomic mass is 10.1. The van der Waals surface area contributed by atoms with E-state index in [0.29, 0.717) is 5.75 Å². The summed E-state index contributed by atoms with van der Waals surface area (Å²) in [5.74, 6) is 2.33. The maximum absolute atomic E-state index is 12.0. The summed E-state index contributed by atoms with van der Waals surface area (Å²) in [5.41, 5.74) is 2.09. The molecule has 0 amide bonds. The minimum Gasteiger partial charge on any atom is -0.468 e. The van der Waals surface area contributed by atoms with Crippen LogP contribution >= 0.6 is 11.8 Å². The first kappa shape index (κ1) is 13.9. The Kier molecular flexibility index (Phi) is 5.28. The molecule has 1 aromatic carbocycles. The maximum atomic E-state index is 12.0. The van der Waals surface area contributed by atoms with Crippen LogP contribution in [-0.2, 0) is 12.2 Å². The van der Waals surface area contributed by atoms with Gasteiger partial charge in [-0.3, -0.25) is 4.79 Å². The molecular formula is C16H18O2S. The first-order valence-corrected chi connectivity index (χ1v) is 7.67. The third-order valence-electron chi connectivity index (χ3n) is 2.87. The summed E-state index contributed by atoms with van der Waals surface area (Å²) < 4.78 is 5.23. The number of ketones is 1. The summed E-state index contributed by atoms with van der Waals surface area (Å²) >= 11 is 1.59. The van der Waals surface area contributed by atoms with Crippen molar-refractivity contribution in [3.63, 3.8) is 0 Å². The van der Waals surface area contributed by atoms with Gasteiger partial charge in [0.1, 0.15) is 5.76 Å². The Morgan fingerprint density at radius 2 is 2.00 bits per heavy atom. The van der Waals surface area contributed by atoms with E-state index in [-0.39, 0.29) is 5.78 Å². The van der Waals surface area contributed by atoms with E-state index in [9.17, 15) is 4.79 Å². The highest BCUT2D eigenvalue weighted by molar-refractivity contribution is 7.99. The van der Waals surface area contributed by atoms with Gasteiger partial charge in [0.05, 0.1) is 17.8 Å². The zero-order valence-electron chi connectivity index (χ0n) is 11.1. The van der Waals surface area contributed by atoms with E-state index in [0.717, 1.165) is 29.9 Å². The molecule has 3 heteroatoms. The molecule has 2 nitrogen and oxygen atoms in total. The molecule has 0 saturated carbocycles. The molecule has 1 aromatic heterocycles. The number of hydrogen-bond donors (Lipinski definition) is 0. The fraction of sp³-hybridized carbons (Fsp3) is 0.312. The first-order valence-electron chi connectivity index (χ1n) is 6.52. The van der Waals surface area contributed by atoms with Crippen molar-refractivity contribution in [1.29, 1.82) is 0 Å². The Balaban J connectivity index is 1.82. The number of hydrogen-bond acceptors (Lipinski definition) is 3. The predicted octanol–water partition coefficient (Wildman–Crippen LogP) is 4.35. The van der Waals surface area contributed by atoms with Gasteiger partial charge in [-0.2, -0.15) is 0 Å². The smallest absolute Gasteiger partial charge is 0.172 e. The fourth-order valence-corrected chi connectivity index (χ4v) is 2.69. The SMILES string of the molecule is CCCc1ccc(C(=O)CSCc2ccco2)cc1. The molecule has 0 saturated heterocycles. The highest BCUT2D eigenvalue weighted by Gasteiger charge is 2.06. The zero-order chi connectivity index (χ0) is 13.5. The molecule has 0 fully saturated rings. The molecule has 0 aliphatic carbocycles. The quantitative estimate of drug-likeness (QED) is 0.703. The third-order valence-corrected chi connectivity index (χ3v) is 3.83. The molecule has 0 aliphatic rings. The van der Waals surface area contributed by atoms with Gasteiger partial charge in [0, 0.05) is 5.56 Å². The Morgan fingerprint density at radius 1 is 1.21 bits per heavy atom. The molecular weight excluding hydrogens is 256 g/mol. The highest BCUT2D eigenvalue weighted by Crippen LogP contribution is 2.15. The van der Waals surface area contributed by atoms with Crippen molar-refractivity contribution in [3.05, 3.63) is 59.5 Å². The van der Waals surface area contributed by atoms with Gasteiger partial charge in [-0.15, -0.1) is 11.8 Å². The van der Waals surface area contributed by atoms with Crippen molar-refractivity contribution >= 4 is 17.5 Å². The van der Waals surface area contributed by atoms with Crippen LogP contribution in [0.1, 0.15) is 35.0 Å². The van der Waals surface area contributed by atoms with Crippen LogP contribution in [0.2, 0.25) is 0 Å². The molecule has 100 valence electrons. The standard InChI is InChI=1S/C16H18O2S/c1-2-4-13-6-8-14(9-7-13)16(17)12-19-11-15-5-3-10-18-15/h3,5-10H,2,4,11-12H2,1H3. The van der Waals surface area contributed by atoms with E-state index < -0.39 is 0 Å². The van der Waals surface area contributed by atoms with Crippen molar-refractivity contribution in [1.82, 2.24) is 0 Å². The normalized spacial score (nSPS) is 10.6. The topological polar surface area (TPSA) is 30.2 Å². The predicted molar refractivity (Wildman–Crippen MR) is 79.6 cm³/mol. The molecule has 0 radical (unpaired) electrons. The van der Waals surface area contributed by atoms with Crippen LogP contribution in [-0.4, -0.2) is 11.5 Å². The average Bonchev–Trinajstić information content (AvgIpc) is 2.93. The van der Waals surface area contributed by atoms with Crippen molar-refractivity contribution in [3.8, 4) is 0 Å². The van der Waals surface area contributed by atoms with Gasteiger partial charge in [0.15, 0.2) is 5.78 Å². The summed E-state index contributed by atoms with van der Waals surface area (Å²) in [6.45, 7) is 2.16. The van der Waals surface area contributed by atoms with Crippen molar-refractivity contribution in [2.24, 2.45) is 0 Å². The summed E-state index contributed by atoms with van der Waals surface area (Å²) in [5, 5.41) is 0. The van der Waals surface area contributed by atoms with Gasteiger partial charge in [0.25, 0.3) is 0 Å². The number of furan rings is 1. The lowest BCUT2D eigenvalue weighted by Gasteiger charge is -2.02. The maximum Gasteiger partial charge on any atom is 0.172 e. The van der Waals surface area contributed by atoms with Crippen LogP contribution in [0.4, 0.5) is 0 Å². The molecule has 0 N–H and O–H groups in total. The summed E-state index contributed by atoms with van der Waals surface area (Å²) in [6, 6.07) is 11.8. The Hall–Kier alpha value is -1.48. The van der Waals surface area contributed by atoms with E-state index in [4.69, 9.17) is 4.42 Å². The van der Waals surface area contributed by atoms with Gasteiger partial charge < -0.3 is 4.42 Å². The lowest BCUT2D eigenvalue weighted by molar-refractivity contribution is 0.102. The van der Waals surface area contributed by atoms with Crippen LogP contribution in [0.25, 0.3) is 0 Å². The highest BCUT2D eigenvalue weighted by atomic mass is 32.2. The largest absolute Gasteiger partial charge is 0.468 e.